The number of benzene rings is 2. The van der Waals surface area contributed by atoms with E-state index < -0.39 is 0 Å². The summed E-state index contributed by atoms with van der Waals surface area (Å²) in [6, 6.07) is 18.7. The van der Waals surface area contributed by atoms with Gasteiger partial charge in [0.1, 0.15) is 17.1 Å². The quantitative estimate of drug-likeness (QED) is 0.690. The van der Waals surface area contributed by atoms with E-state index in [4.69, 9.17) is 9.72 Å². The first-order valence-electron chi connectivity index (χ1n) is 7.96. The second kappa shape index (κ2) is 6.69. The highest BCUT2D eigenvalue weighted by Gasteiger charge is 2.12. The first-order valence-corrected chi connectivity index (χ1v) is 7.96. The van der Waals surface area contributed by atoms with Crippen molar-refractivity contribution in [3.8, 4) is 5.75 Å². The van der Waals surface area contributed by atoms with Crippen LogP contribution in [0.25, 0.3) is 10.9 Å². The Bertz CT molecular complexity index is 799. The minimum absolute atomic E-state index is 0.822. The van der Waals surface area contributed by atoms with Crippen LogP contribution >= 0.6 is 0 Å². The van der Waals surface area contributed by atoms with E-state index in [1.54, 1.807) is 7.11 Å². The molecular weight excluding hydrogens is 284 g/mol. The number of hydrogen-bond acceptors (Lipinski definition) is 3. The molecule has 3 aromatic rings. The molecule has 0 aliphatic rings. The van der Waals surface area contributed by atoms with E-state index in [0.29, 0.717) is 0 Å². The maximum Gasteiger partial charge on any atom is 0.145 e. The topological polar surface area (TPSA) is 25.4 Å². The van der Waals surface area contributed by atoms with Crippen LogP contribution in [-0.4, -0.2) is 18.6 Å². The summed E-state index contributed by atoms with van der Waals surface area (Å²) in [6.07, 6.45) is 0. The molecule has 2 aromatic carbocycles. The van der Waals surface area contributed by atoms with Gasteiger partial charge in [-0.2, -0.15) is 0 Å². The molecule has 0 saturated heterocycles. The number of ether oxygens (including phenoxy) is 1. The fraction of sp³-hybridized carbons (Fsp3) is 0.250. The Balaban J connectivity index is 2.03. The molecule has 0 aliphatic heterocycles. The van der Waals surface area contributed by atoms with Gasteiger partial charge in [0.05, 0.1) is 7.11 Å². The standard InChI is InChI=1S/C20H22N2O/c1-4-22(14-16-9-6-5-7-10-16)19-13-15(2)17-11-8-12-18(23-3)20(17)21-19/h5-13H,4,14H2,1-3H3. The molecule has 1 aromatic heterocycles. The summed E-state index contributed by atoms with van der Waals surface area (Å²) < 4.78 is 5.49. The average molecular weight is 306 g/mol. The van der Waals surface area contributed by atoms with Crippen LogP contribution in [0.4, 0.5) is 5.82 Å². The highest BCUT2D eigenvalue weighted by atomic mass is 16.5. The molecule has 3 heteroatoms. The number of pyridine rings is 1. The van der Waals surface area contributed by atoms with E-state index in [1.165, 1.54) is 11.1 Å². The third-order valence-electron chi connectivity index (χ3n) is 4.14. The molecule has 1 heterocycles. The molecule has 0 fully saturated rings. The number of methoxy groups -OCH3 is 1. The Morgan fingerprint density at radius 2 is 1.83 bits per heavy atom. The zero-order valence-corrected chi connectivity index (χ0v) is 13.9. The van der Waals surface area contributed by atoms with Gasteiger partial charge in [0.2, 0.25) is 0 Å². The van der Waals surface area contributed by atoms with Crippen molar-refractivity contribution in [3.05, 3.63) is 65.7 Å². The molecular formula is C20H22N2O. The largest absolute Gasteiger partial charge is 0.494 e. The van der Waals surface area contributed by atoms with Crippen LogP contribution in [0.1, 0.15) is 18.1 Å². The fourth-order valence-electron chi connectivity index (χ4n) is 2.86. The lowest BCUT2D eigenvalue weighted by Crippen LogP contribution is -2.23. The number of para-hydroxylation sites is 1. The highest BCUT2D eigenvalue weighted by Crippen LogP contribution is 2.29. The minimum Gasteiger partial charge on any atom is -0.494 e. The van der Waals surface area contributed by atoms with Crippen molar-refractivity contribution < 1.29 is 4.74 Å². The van der Waals surface area contributed by atoms with Gasteiger partial charge >= 0.3 is 0 Å². The molecule has 0 atom stereocenters. The summed E-state index contributed by atoms with van der Waals surface area (Å²) in [7, 11) is 1.69. The maximum absolute atomic E-state index is 5.49. The second-order valence-corrected chi connectivity index (χ2v) is 5.65. The number of rotatable bonds is 5. The molecule has 0 saturated carbocycles. The van der Waals surface area contributed by atoms with Crippen LogP contribution in [0.2, 0.25) is 0 Å². The van der Waals surface area contributed by atoms with Crippen molar-refractivity contribution in [3.63, 3.8) is 0 Å². The molecule has 23 heavy (non-hydrogen) atoms. The van der Waals surface area contributed by atoms with Gasteiger partial charge < -0.3 is 9.64 Å². The lowest BCUT2D eigenvalue weighted by molar-refractivity contribution is 0.419. The van der Waals surface area contributed by atoms with Crippen LogP contribution in [-0.2, 0) is 6.54 Å². The highest BCUT2D eigenvalue weighted by molar-refractivity contribution is 5.88. The van der Waals surface area contributed by atoms with Crippen molar-refractivity contribution in [1.82, 2.24) is 4.98 Å². The predicted molar refractivity (Wildman–Crippen MR) is 96.2 cm³/mol. The van der Waals surface area contributed by atoms with Crippen LogP contribution in [0.3, 0.4) is 0 Å². The summed E-state index contributed by atoms with van der Waals surface area (Å²) in [5.41, 5.74) is 3.43. The molecule has 0 bridgehead atoms. The normalized spacial score (nSPS) is 10.7. The minimum atomic E-state index is 0.822. The van der Waals surface area contributed by atoms with Crippen LogP contribution < -0.4 is 9.64 Å². The van der Waals surface area contributed by atoms with Gasteiger partial charge in [-0.3, -0.25) is 0 Å². The Labute approximate surface area is 137 Å². The average Bonchev–Trinajstić information content (AvgIpc) is 2.60. The summed E-state index contributed by atoms with van der Waals surface area (Å²) >= 11 is 0. The zero-order valence-electron chi connectivity index (χ0n) is 13.9. The van der Waals surface area contributed by atoms with Crippen molar-refractivity contribution in [1.29, 1.82) is 0 Å². The van der Waals surface area contributed by atoms with Gasteiger partial charge in [-0.15, -0.1) is 0 Å². The van der Waals surface area contributed by atoms with Gasteiger partial charge in [0.15, 0.2) is 0 Å². The monoisotopic (exact) mass is 306 g/mol. The van der Waals surface area contributed by atoms with Gasteiger partial charge in [-0.25, -0.2) is 4.98 Å². The fourth-order valence-corrected chi connectivity index (χ4v) is 2.86. The number of hydrogen-bond donors (Lipinski definition) is 0. The van der Waals surface area contributed by atoms with E-state index in [1.807, 2.05) is 18.2 Å². The van der Waals surface area contributed by atoms with Crippen molar-refractivity contribution >= 4 is 16.7 Å². The molecule has 0 unspecified atom stereocenters. The summed E-state index contributed by atoms with van der Waals surface area (Å²) in [4.78, 5) is 7.16. The number of aromatic nitrogens is 1. The SMILES string of the molecule is CCN(Cc1ccccc1)c1cc(C)c2cccc(OC)c2n1. The Hall–Kier alpha value is -2.55. The van der Waals surface area contributed by atoms with E-state index >= 15 is 0 Å². The number of nitrogens with zero attached hydrogens (tertiary/aromatic N) is 2. The number of aryl methyl sites for hydroxylation is 1. The Morgan fingerprint density at radius 3 is 2.52 bits per heavy atom. The second-order valence-electron chi connectivity index (χ2n) is 5.65. The van der Waals surface area contributed by atoms with Crippen molar-refractivity contribution in [2.24, 2.45) is 0 Å². The number of anilines is 1. The third-order valence-corrected chi connectivity index (χ3v) is 4.14. The van der Waals surface area contributed by atoms with Crippen molar-refractivity contribution in [2.75, 3.05) is 18.6 Å². The van der Waals surface area contributed by atoms with E-state index in [2.05, 4.69) is 55.1 Å². The Morgan fingerprint density at radius 1 is 1.04 bits per heavy atom. The molecule has 0 radical (unpaired) electrons. The van der Waals surface area contributed by atoms with Crippen molar-refractivity contribution in [2.45, 2.75) is 20.4 Å². The lowest BCUT2D eigenvalue weighted by atomic mass is 10.1. The first kappa shape index (κ1) is 15.3. The Kier molecular flexibility index (Phi) is 4.47. The summed E-state index contributed by atoms with van der Waals surface area (Å²) in [6.45, 7) is 6.04. The molecule has 3 nitrogen and oxygen atoms in total. The smallest absolute Gasteiger partial charge is 0.145 e. The van der Waals surface area contributed by atoms with Crippen LogP contribution in [0, 0.1) is 6.92 Å². The molecule has 118 valence electrons. The number of fused-ring (bicyclic) bond motifs is 1. The summed E-state index contributed by atoms with van der Waals surface area (Å²) in [5, 5.41) is 1.14. The van der Waals surface area contributed by atoms with Gasteiger partial charge in [0, 0.05) is 18.5 Å². The zero-order chi connectivity index (χ0) is 16.2. The third kappa shape index (κ3) is 3.14. The molecule has 3 rings (SSSR count). The van der Waals surface area contributed by atoms with E-state index in [0.717, 1.165) is 35.6 Å². The van der Waals surface area contributed by atoms with Gasteiger partial charge in [-0.05, 0) is 37.1 Å². The van der Waals surface area contributed by atoms with E-state index in [-0.39, 0.29) is 0 Å². The van der Waals surface area contributed by atoms with E-state index in [9.17, 15) is 0 Å². The van der Waals surface area contributed by atoms with Gasteiger partial charge in [0.25, 0.3) is 0 Å². The first-order chi connectivity index (χ1) is 11.2. The lowest BCUT2D eigenvalue weighted by Gasteiger charge is -2.23. The van der Waals surface area contributed by atoms with Gasteiger partial charge in [-0.1, -0.05) is 42.5 Å². The van der Waals surface area contributed by atoms with Crippen LogP contribution in [0.5, 0.6) is 5.75 Å². The van der Waals surface area contributed by atoms with Crippen LogP contribution in [0.15, 0.2) is 54.6 Å². The molecule has 0 N–H and O–H groups in total. The molecule has 0 spiro atoms. The molecule has 0 aliphatic carbocycles. The molecule has 0 amide bonds. The predicted octanol–water partition coefficient (Wildman–Crippen LogP) is 4.58. The summed E-state index contributed by atoms with van der Waals surface area (Å²) in [5.74, 6) is 1.81. The maximum atomic E-state index is 5.49.